The van der Waals surface area contributed by atoms with E-state index < -0.39 is 18.0 Å². The summed E-state index contributed by atoms with van der Waals surface area (Å²) >= 11 is 7.65. The molecule has 0 saturated carbocycles. The van der Waals surface area contributed by atoms with Crippen LogP contribution in [0.25, 0.3) is 21.1 Å². The van der Waals surface area contributed by atoms with Crippen LogP contribution in [0, 0.1) is 12.7 Å². The van der Waals surface area contributed by atoms with E-state index in [4.69, 9.17) is 22.1 Å². The molecule has 1 aromatic carbocycles. The number of halogens is 2. The van der Waals surface area contributed by atoms with Crippen molar-refractivity contribution in [2.24, 2.45) is 5.73 Å². The van der Waals surface area contributed by atoms with E-state index in [1.54, 1.807) is 13.1 Å². The molecule has 7 nitrogen and oxygen atoms in total. The number of hydrogen-bond acceptors (Lipinski definition) is 8. The molecular weight excluding hydrogens is 441 g/mol. The number of anilines is 1. The fourth-order valence-corrected chi connectivity index (χ4v) is 3.85. The Morgan fingerprint density at radius 3 is 2.58 bits per heavy atom. The summed E-state index contributed by atoms with van der Waals surface area (Å²) in [5, 5.41) is 22.5. The number of rotatable bonds is 8. The minimum Gasteiger partial charge on any atom is -0.489 e. The molecule has 31 heavy (non-hydrogen) atoms. The van der Waals surface area contributed by atoms with E-state index >= 15 is 0 Å². The van der Waals surface area contributed by atoms with Gasteiger partial charge >= 0.3 is 0 Å². The summed E-state index contributed by atoms with van der Waals surface area (Å²) in [6.45, 7) is 7.57. The summed E-state index contributed by atoms with van der Waals surface area (Å²) in [6.07, 6.45) is 0.956. The van der Waals surface area contributed by atoms with Crippen LogP contribution in [0.1, 0.15) is 26.3 Å². The van der Waals surface area contributed by atoms with Crippen molar-refractivity contribution < 1.29 is 14.2 Å². The van der Waals surface area contributed by atoms with Crippen LogP contribution in [0.3, 0.4) is 0 Å². The van der Waals surface area contributed by atoms with Crippen molar-refractivity contribution in [3.8, 4) is 26.9 Å². The van der Waals surface area contributed by atoms with E-state index in [-0.39, 0.29) is 23.4 Å². The van der Waals surface area contributed by atoms with E-state index in [2.05, 4.69) is 20.5 Å². The molecule has 2 heterocycles. The monoisotopic (exact) mass is 465 g/mol. The molecule has 0 amide bonds. The lowest BCUT2D eigenvalue weighted by atomic mass is 10.2. The molecular formula is C21H25ClFN5O2S. The number of aliphatic hydroxyl groups excluding tert-OH is 1. The van der Waals surface area contributed by atoms with Gasteiger partial charge in [0.05, 0.1) is 17.2 Å². The van der Waals surface area contributed by atoms with Gasteiger partial charge in [-0.05, 0) is 45.4 Å². The molecule has 2 atom stereocenters. The number of pyridine rings is 1. The molecule has 4 N–H and O–H groups in total. The van der Waals surface area contributed by atoms with Crippen molar-refractivity contribution in [3.63, 3.8) is 0 Å². The third-order valence-electron chi connectivity index (χ3n) is 4.48. The maximum absolute atomic E-state index is 14.6. The number of ether oxygens (including phenoxy) is 1. The molecule has 0 aliphatic heterocycles. The number of aliphatic hydroxyl groups is 1. The van der Waals surface area contributed by atoms with Gasteiger partial charge in [-0.15, -0.1) is 10.2 Å². The average Bonchev–Trinajstić information content (AvgIpc) is 3.19. The highest BCUT2D eigenvalue weighted by Gasteiger charge is 2.18. The number of aryl methyl sites for hydroxylation is 1. The lowest BCUT2D eigenvalue weighted by Gasteiger charge is -2.16. The number of nitrogens with two attached hydrogens (primary N) is 1. The first-order valence-electron chi connectivity index (χ1n) is 9.78. The fourth-order valence-electron chi connectivity index (χ4n) is 2.69. The molecule has 3 aromatic rings. The maximum atomic E-state index is 14.6. The maximum Gasteiger partial charge on any atom is 0.165 e. The predicted molar refractivity (Wildman–Crippen MR) is 122 cm³/mol. The highest BCUT2D eigenvalue weighted by Crippen LogP contribution is 2.37. The molecule has 0 aliphatic rings. The number of benzene rings is 1. The van der Waals surface area contributed by atoms with Gasteiger partial charge in [-0.1, -0.05) is 22.9 Å². The minimum absolute atomic E-state index is 0.0392. The number of hydrogen-bond donors (Lipinski definition) is 3. The zero-order valence-electron chi connectivity index (χ0n) is 17.7. The van der Waals surface area contributed by atoms with Gasteiger partial charge in [-0.3, -0.25) is 0 Å². The van der Waals surface area contributed by atoms with Crippen LogP contribution in [0.2, 0.25) is 5.02 Å². The first kappa shape index (κ1) is 23.3. The largest absolute Gasteiger partial charge is 0.489 e. The normalized spacial score (nSPS) is 13.3. The molecule has 0 fully saturated rings. The van der Waals surface area contributed by atoms with Gasteiger partial charge < -0.3 is 20.9 Å². The second kappa shape index (κ2) is 9.86. The van der Waals surface area contributed by atoms with E-state index in [9.17, 15) is 9.50 Å². The van der Waals surface area contributed by atoms with E-state index in [0.717, 1.165) is 16.9 Å². The molecule has 10 heteroatoms. The molecule has 3 rings (SSSR count). The summed E-state index contributed by atoms with van der Waals surface area (Å²) in [7, 11) is 0. The van der Waals surface area contributed by atoms with E-state index in [1.165, 1.54) is 23.5 Å². The highest BCUT2D eigenvalue weighted by atomic mass is 35.5. The summed E-state index contributed by atoms with van der Waals surface area (Å²) in [4.78, 5) is 4.46. The topological polar surface area (TPSA) is 106 Å². The Bertz CT molecular complexity index is 1060. The molecule has 0 unspecified atom stereocenters. The molecule has 0 radical (unpaired) electrons. The summed E-state index contributed by atoms with van der Waals surface area (Å²) < 4.78 is 19.9. The second-order valence-corrected chi connectivity index (χ2v) is 8.96. The van der Waals surface area contributed by atoms with Crippen molar-refractivity contribution in [3.05, 3.63) is 40.8 Å². The van der Waals surface area contributed by atoms with Crippen LogP contribution in [0.15, 0.2) is 24.4 Å². The Hall–Kier alpha value is -2.33. The van der Waals surface area contributed by atoms with Crippen molar-refractivity contribution in [1.29, 1.82) is 0 Å². The Labute approximate surface area is 189 Å². The fraction of sp³-hybridized carbons (Fsp3) is 0.381. The van der Waals surface area contributed by atoms with Gasteiger partial charge in [-0.2, -0.15) is 0 Å². The Balaban J connectivity index is 1.82. The van der Waals surface area contributed by atoms with E-state index in [0.29, 0.717) is 15.6 Å². The third kappa shape index (κ3) is 5.68. The highest BCUT2D eigenvalue weighted by molar-refractivity contribution is 7.18. The molecule has 2 aromatic heterocycles. The minimum atomic E-state index is -0.772. The first-order valence-corrected chi connectivity index (χ1v) is 11.0. The van der Waals surface area contributed by atoms with Gasteiger partial charge in [0.15, 0.2) is 11.6 Å². The van der Waals surface area contributed by atoms with Gasteiger partial charge in [0.1, 0.15) is 22.4 Å². The van der Waals surface area contributed by atoms with Crippen LogP contribution in [0.4, 0.5) is 10.2 Å². The van der Waals surface area contributed by atoms with Gasteiger partial charge in [0, 0.05) is 29.4 Å². The molecule has 166 valence electrons. The van der Waals surface area contributed by atoms with Crippen LogP contribution >= 0.6 is 22.9 Å². The lowest BCUT2D eigenvalue weighted by molar-refractivity contribution is 0.129. The Morgan fingerprint density at radius 1 is 1.23 bits per heavy atom. The van der Waals surface area contributed by atoms with Crippen LogP contribution < -0.4 is 15.8 Å². The SMILES string of the molecule is Cc1cc(-c2nnc(-c3cc(F)c(OC[C@H](N)[C@H](C)O)cc3Cl)s2)cnc1NC(C)C. The Morgan fingerprint density at radius 2 is 1.94 bits per heavy atom. The second-order valence-electron chi connectivity index (χ2n) is 7.58. The smallest absolute Gasteiger partial charge is 0.165 e. The van der Waals surface area contributed by atoms with E-state index in [1.807, 2.05) is 26.8 Å². The lowest BCUT2D eigenvalue weighted by Crippen LogP contribution is -2.38. The van der Waals surface area contributed by atoms with Crippen molar-refractivity contribution in [2.45, 2.75) is 45.9 Å². The average molecular weight is 466 g/mol. The van der Waals surface area contributed by atoms with Crippen molar-refractivity contribution in [2.75, 3.05) is 11.9 Å². The van der Waals surface area contributed by atoms with Gasteiger partial charge in [0.2, 0.25) is 0 Å². The summed E-state index contributed by atoms with van der Waals surface area (Å²) in [5.74, 6) is 0.178. The Kier molecular flexibility index (Phi) is 7.42. The summed E-state index contributed by atoms with van der Waals surface area (Å²) in [5.41, 5.74) is 7.94. The molecule has 0 aliphatic carbocycles. The molecule has 0 saturated heterocycles. The van der Waals surface area contributed by atoms with Crippen molar-refractivity contribution in [1.82, 2.24) is 15.2 Å². The number of nitrogens with one attached hydrogen (secondary N) is 1. The van der Waals surface area contributed by atoms with Crippen LogP contribution in [0.5, 0.6) is 5.75 Å². The predicted octanol–water partition coefficient (Wildman–Crippen LogP) is 4.28. The standard InChI is InChI=1S/C21H25ClFN5O2S/c1-10(2)26-19-11(3)5-13(8-25-19)20-27-28-21(31-20)14-6-16(23)18(7-15(14)22)30-9-17(24)12(4)29/h5-8,10,12,17,29H,9,24H2,1-4H3,(H,25,26)/t12-,17-/m0/s1. The van der Waals surface area contributed by atoms with Gasteiger partial charge in [-0.25, -0.2) is 9.37 Å². The summed E-state index contributed by atoms with van der Waals surface area (Å²) in [6, 6.07) is 4.25. The number of aromatic nitrogens is 3. The first-order chi connectivity index (χ1) is 14.7. The zero-order valence-corrected chi connectivity index (χ0v) is 19.3. The van der Waals surface area contributed by atoms with Crippen molar-refractivity contribution >= 4 is 28.8 Å². The molecule has 0 spiro atoms. The van der Waals surface area contributed by atoms with Crippen LogP contribution in [-0.2, 0) is 0 Å². The number of nitrogens with zero attached hydrogens (tertiary/aromatic N) is 3. The third-order valence-corrected chi connectivity index (χ3v) is 5.80. The molecule has 0 bridgehead atoms. The zero-order chi connectivity index (χ0) is 22.7. The quantitative estimate of drug-likeness (QED) is 0.456. The van der Waals surface area contributed by atoms with Crippen LogP contribution in [-0.4, -0.2) is 45.1 Å². The van der Waals surface area contributed by atoms with Gasteiger partial charge in [0.25, 0.3) is 0 Å².